The SMILES string of the molecule is COc1ccc(C(=O)NCCOCCOCCC(=O)N2CCC/C=C/c3cnc(N)c4c(-c5ccc(C(=O)Nc6cc(C(F)(F)F)ccn6)cc5)nn(c34)[C@@H]3CCC[C@H](C3)NC(=O)C2)cc1N1CCC(=O)NC1=O. The quantitative estimate of drug-likeness (QED) is 0.0768. The van der Waals surface area contributed by atoms with Gasteiger partial charge in [-0.25, -0.2) is 14.8 Å². The Hall–Kier alpha value is -7.92. The van der Waals surface area contributed by atoms with Gasteiger partial charge in [-0.2, -0.15) is 18.3 Å². The average Bonchev–Trinajstić information content (AvgIpc) is 3.80. The number of nitrogens with one attached hydrogen (secondary N) is 4. The van der Waals surface area contributed by atoms with E-state index in [1.165, 1.54) is 18.1 Å². The molecule has 23 heteroatoms. The molecule has 74 heavy (non-hydrogen) atoms. The number of urea groups is 1. The molecule has 390 valence electrons. The van der Waals surface area contributed by atoms with Crippen LogP contribution in [-0.2, 0) is 30.0 Å². The molecule has 1 saturated carbocycles. The molecule has 2 aromatic carbocycles. The number of carbonyl (C=O) groups excluding carboxylic acids is 6. The molecule has 3 aromatic heterocycles. The number of hydrogen-bond donors (Lipinski definition) is 5. The number of amides is 7. The lowest BCUT2D eigenvalue weighted by molar-refractivity contribution is -0.137. The molecule has 5 aromatic rings. The van der Waals surface area contributed by atoms with Crippen LogP contribution in [0.3, 0.4) is 0 Å². The standard InChI is InChI=1S/C51H56F3N11O9/c1-72-39-14-13-33(26-38(39)64-21-16-41(66)61-50(64)71)48(69)57-19-23-74-25-24-73-22-17-43(68)63-20-4-2-3-6-34-29-58-47(55)44-45(62-65(46(34)44)37-8-5-7-36(28-37)59-42(67)30-63)31-9-11-32(12-10-31)49(70)60-40-27-35(15-18-56-40)51(52,53)54/h3,6,9-15,18,26-27,29,36-37H,2,4-5,7-8,16-17,19-25,28,30H2,1H3,(H2,55,58)(H,57,69)(H,59,67)(H,56,60,70)(H,61,66,71)/b6-3+/t36-,37-/m1/s1. The molecule has 2 aliphatic heterocycles. The monoisotopic (exact) mass is 1020 g/mol. The number of halogens is 3. The number of carbonyl (C=O) groups is 6. The zero-order chi connectivity index (χ0) is 52.4. The van der Waals surface area contributed by atoms with Gasteiger partial charge in [-0.05, 0) is 81.0 Å². The summed E-state index contributed by atoms with van der Waals surface area (Å²) in [4.78, 5) is 88.4. The number of nitrogens with zero attached hydrogens (tertiary/aromatic N) is 6. The average molecular weight is 1020 g/mol. The van der Waals surface area contributed by atoms with Gasteiger partial charge < -0.3 is 40.8 Å². The van der Waals surface area contributed by atoms with Crippen LogP contribution in [0.15, 0.2) is 73.1 Å². The first kappa shape index (κ1) is 52.4. The van der Waals surface area contributed by atoms with Crippen molar-refractivity contribution in [3.8, 4) is 17.0 Å². The van der Waals surface area contributed by atoms with E-state index in [1.807, 2.05) is 16.8 Å². The maximum absolute atomic E-state index is 13.6. The van der Waals surface area contributed by atoms with Crippen LogP contribution >= 0.6 is 0 Å². The van der Waals surface area contributed by atoms with Crippen LogP contribution in [0, 0.1) is 0 Å². The number of aromatic nitrogens is 4. The summed E-state index contributed by atoms with van der Waals surface area (Å²) in [5.41, 5.74) is 9.17. The van der Waals surface area contributed by atoms with Gasteiger partial charge in [0.05, 0.1) is 74.7 Å². The van der Waals surface area contributed by atoms with Crippen molar-refractivity contribution in [3.05, 3.63) is 95.3 Å². The minimum atomic E-state index is -4.60. The summed E-state index contributed by atoms with van der Waals surface area (Å²) < 4.78 is 58.4. The van der Waals surface area contributed by atoms with Crippen molar-refractivity contribution in [1.82, 2.24) is 40.6 Å². The smallest absolute Gasteiger partial charge is 0.416 e. The van der Waals surface area contributed by atoms with Crippen molar-refractivity contribution in [2.24, 2.45) is 0 Å². The number of nitrogens with two attached hydrogens (primary N) is 1. The van der Waals surface area contributed by atoms with Gasteiger partial charge in [-0.3, -0.25) is 38.9 Å². The first-order chi connectivity index (χ1) is 35.7. The van der Waals surface area contributed by atoms with Crippen LogP contribution in [0.5, 0.6) is 5.75 Å². The fraction of sp³-hybridized carbons (Fsp3) is 0.392. The normalized spacial score (nSPS) is 17.9. The van der Waals surface area contributed by atoms with Gasteiger partial charge in [0.15, 0.2) is 0 Å². The third-order valence-corrected chi connectivity index (χ3v) is 12.8. The van der Waals surface area contributed by atoms with Gasteiger partial charge >= 0.3 is 12.2 Å². The highest BCUT2D eigenvalue weighted by Gasteiger charge is 2.33. The molecule has 2 atom stereocenters. The topological polar surface area (TPSA) is 254 Å². The van der Waals surface area contributed by atoms with Crippen molar-refractivity contribution >= 4 is 69.9 Å². The largest absolute Gasteiger partial charge is 0.495 e. The number of anilines is 3. The summed E-state index contributed by atoms with van der Waals surface area (Å²) in [6, 6.07) is 11.8. The summed E-state index contributed by atoms with van der Waals surface area (Å²) >= 11 is 0. The van der Waals surface area contributed by atoms with Crippen LogP contribution in [0.1, 0.15) is 89.3 Å². The summed E-state index contributed by atoms with van der Waals surface area (Å²) in [5, 5.41) is 16.3. The number of hydrogen-bond acceptors (Lipinski definition) is 13. The number of benzene rings is 2. The summed E-state index contributed by atoms with van der Waals surface area (Å²) in [5.74, 6) is -1.54. The van der Waals surface area contributed by atoms with Crippen LogP contribution < -0.4 is 36.6 Å². The Morgan fingerprint density at radius 2 is 1.68 bits per heavy atom. The molecule has 1 saturated heterocycles. The van der Waals surface area contributed by atoms with E-state index < -0.39 is 29.6 Å². The van der Waals surface area contributed by atoms with E-state index in [1.54, 1.807) is 47.5 Å². The number of alkyl halides is 3. The third-order valence-electron chi connectivity index (χ3n) is 12.8. The maximum atomic E-state index is 13.6. The lowest BCUT2D eigenvalue weighted by atomic mass is 9.90. The molecule has 7 amide bonds. The number of pyridine rings is 2. The predicted molar refractivity (Wildman–Crippen MR) is 266 cm³/mol. The Bertz CT molecular complexity index is 2930. The Morgan fingerprint density at radius 3 is 2.45 bits per heavy atom. The zero-order valence-electron chi connectivity index (χ0n) is 40.5. The molecule has 0 radical (unpaired) electrons. The minimum absolute atomic E-state index is 0.0513. The Morgan fingerprint density at radius 1 is 0.892 bits per heavy atom. The molecule has 1 aliphatic carbocycles. The van der Waals surface area contributed by atoms with E-state index in [-0.39, 0.29) is 111 Å². The summed E-state index contributed by atoms with van der Waals surface area (Å²) in [6.45, 7) is 1.25. The van der Waals surface area contributed by atoms with Crippen LogP contribution in [0.2, 0.25) is 0 Å². The van der Waals surface area contributed by atoms with Crippen molar-refractivity contribution < 1.29 is 56.1 Å². The molecular weight excluding hydrogens is 968 g/mol. The number of rotatable bonds is 15. The lowest BCUT2D eigenvalue weighted by Gasteiger charge is -2.31. The number of nitrogen functional groups attached to an aromatic ring is 1. The number of imide groups is 1. The molecule has 20 nitrogen and oxygen atoms in total. The second-order valence-electron chi connectivity index (χ2n) is 17.9. The number of fused-ring (bicyclic) bond motifs is 3. The number of ether oxygens (including phenoxy) is 3. The first-order valence-electron chi connectivity index (χ1n) is 24.2. The Balaban J connectivity index is 0.841. The Kier molecular flexibility index (Phi) is 16.8. The van der Waals surface area contributed by atoms with Gasteiger partial charge in [0.25, 0.3) is 11.8 Å². The molecule has 3 aliphatic rings. The molecular formula is C51H56F3N11O9. The van der Waals surface area contributed by atoms with Crippen LogP contribution in [-0.4, -0.2) is 126 Å². The number of allylic oxidation sites excluding steroid dienone is 1. The van der Waals surface area contributed by atoms with Crippen molar-refractivity contribution in [2.45, 2.75) is 69.6 Å². The molecule has 0 unspecified atom stereocenters. The van der Waals surface area contributed by atoms with E-state index in [4.69, 9.17) is 25.0 Å². The van der Waals surface area contributed by atoms with Crippen molar-refractivity contribution in [1.29, 1.82) is 0 Å². The van der Waals surface area contributed by atoms with Gasteiger partial charge in [0, 0.05) is 66.7 Å². The highest BCUT2D eigenvalue weighted by atomic mass is 19.4. The summed E-state index contributed by atoms with van der Waals surface area (Å²) in [6.07, 6.45) is 6.14. The van der Waals surface area contributed by atoms with E-state index in [0.29, 0.717) is 53.9 Å². The van der Waals surface area contributed by atoms with Gasteiger partial charge in [0.2, 0.25) is 17.7 Å². The van der Waals surface area contributed by atoms with Crippen LogP contribution in [0.4, 0.5) is 35.3 Å². The van der Waals surface area contributed by atoms with Gasteiger partial charge in [0.1, 0.15) is 23.1 Å². The molecule has 5 heterocycles. The molecule has 2 bridgehead atoms. The maximum Gasteiger partial charge on any atom is 0.416 e. The first-order valence-corrected chi connectivity index (χ1v) is 24.2. The van der Waals surface area contributed by atoms with Crippen molar-refractivity contribution in [2.75, 3.05) is 75.7 Å². The van der Waals surface area contributed by atoms with Gasteiger partial charge in [-0.1, -0.05) is 24.3 Å². The Labute approximate surface area is 423 Å². The molecule has 0 spiro atoms. The molecule has 2 fully saturated rings. The predicted octanol–water partition coefficient (Wildman–Crippen LogP) is 5.89. The molecule has 8 rings (SSSR count). The van der Waals surface area contributed by atoms with E-state index in [0.717, 1.165) is 48.7 Å². The zero-order valence-corrected chi connectivity index (χ0v) is 40.5. The van der Waals surface area contributed by atoms with E-state index >= 15 is 0 Å². The fourth-order valence-corrected chi connectivity index (χ4v) is 9.13. The van der Waals surface area contributed by atoms with E-state index in [9.17, 15) is 41.9 Å². The summed E-state index contributed by atoms with van der Waals surface area (Å²) in [7, 11) is 1.45. The van der Waals surface area contributed by atoms with Gasteiger partial charge in [-0.15, -0.1) is 0 Å². The third kappa shape index (κ3) is 12.8. The van der Waals surface area contributed by atoms with Crippen LogP contribution in [0.25, 0.3) is 28.2 Å². The van der Waals surface area contributed by atoms with E-state index in [2.05, 4.69) is 31.2 Å². The molecule has 6 N–H and O–H groups in total. The minimum Gasteiger partial charge on any atom is -0.495 e. The number of methoxy groups -OCH3 is 1. The lowest BCUT2D eigenvalue weighted by Crippen LogP contribution is -2.49. The second-order valence-corrected chi connectivity index (χ2v) is 17.9. The second kappa shape index (κ2) is 23.7. The van der Waals surface area contributed by atoms with Crippen molar-refractivity contribution in [3.63, 3.8) is 0 Å². The highest BCUT2D eigenvalue weighted by Crippen LogP contribution is 2.39. The highest BCUT2D eigenvalue weighted by molar-refractivity contribution is 6.08. The fourth-order valence-electron chi connectivity index (χ4n) is 9.13.